The van der Waals surface area contributed by atoms with E-state index < -0.39 is 5.97 Å². The summed E-state index contributed by atoms with van der Waals surface area (Å²) in [6.45, 7) is 3.83. The van der Waals surface area contributed by atoms with Crippen LogP contribution in [0.1, 0.15) is 42.1 Å². The summed E-state index contributed by atoms with van der Waals surface area (Å²) < 4.78 is 5.12. The summed E-state index contributed by atoms with van der Waals surface area (Å²) in [6.07, 6.45) is 2.87. The van der Waals surface area contributed by atoms with Crippen molar-refractivity contribution in [2.75, 3.05) is 18.2 Å². The highest BCUT2D eigenvalue weighted by Gasteiger charge is 2.16. The van der Waals surface area contributed by atoms with Crippen molar-refractivity contribution >= 4 is 40.9 Å². The Morgan fingerprint density at radius 2 is 1.96 bits per heavy atom. The van der Waals surface area contributed by atoms with E-state index >= 15 is 0 Å². The fourth-order valence-corrected chi connectivity index (χ4v) is 3.08. The number of para-hydroxylation sites is 1. The highest BCUT2D eigenvalue weighted by atomic mass is 35.5. The van der Waals surface area contributed by atoms with Gasteiger partial charge in [0.25, 0.3) is 5.91 Å². The van der Waals surface area contributed by atoms with Crippen LogP contribution in [0.25, 0.3) is 0 Å². The summed E-state index contributed by atoms with van der Waals surface area (Å²) >= 11 is 7.55. The Bertz CT molecular complexity index is 794. The Kier molecular flexibility index (Phi) is 7.54. The molecule has 0 saturated carbocycles. The third-order valence-electron chi connectivity index (χ3n) is 4.11. The SMILES string of the molecule is CC[C@@H](C)c1ccccc1NC(=O)COC(=O)c1cc(SC)ccc1Cl. The van der Waals surface area contributed by atoms with Gasteiger partial charge in [-0.05, 0) is 48.4 Å². The molecule has 2 aromatic carbocycles. The van der Waals surface area contributed by atoms with E-state index in [1.54, 1.807) is 12.1 Å². The Morgan fingerprint density at radius 1 is 1.23 bits per heavy atom. The number of thioether (sulfide) groups is 1. The molecule has 26 heavy (non-hydrogen) atoms. The fourth-order valence-electron chi connectivity index (χ4n) is 2.44. The Hall–Kier alpha value is -1.98. The number of hydrogen-bond acceptors (Lipinski definition) is 4. The minimum atomic E-state index is -0.615. The predicted octanol–water partition coefficient (Wildman–Crippen LogP) is 5.37. The second-order valence-corrected chi connectivity index (χ2v) is 7.15. The molecule has 0 bridgehead atoms. The molecule has 0 aliphatic carbocycles. The first kappa shape index (κ1) is 20.3. The van der Waals surface area contributed by atoms with E-state index in [1.165, 1.54) is 11.8 Å². The van der Waals surface area contributed by atoms with Crippen molar-refractivity contribution in [1.29, 1.82) is 0 Å². The van der Waals surface area contributed by atoms with Gasteiger partial charge in [0.05, 0.1) is 10.6 Å². The van der Waals surface area contributed by atoms with Gasteiger partial charge >= 0.3 is 5.97 Å². The molecule has 0 saturated heterocycles. The Morgan fingerprint density at radius 3 is 2.65 bits per heavy atom. The lowest BCUT2D eigenvalue weighted by Gasteiger charge is -2.15. The van der Waals surface area contributed by atoms with Crippen molar-refractivity contribution in [3.05, 3.63) is 58.6 Å². The van der Waals surface area contributed by atoms with Crippen LogP contribution in [0.3, 0.4) is 0 Å². The third-order valence-corrected chi connectivity index (χ3v) is 5.16. The first-order valence-corrected chi connectivity index (χ1v) is 9.96. The predicted molar refractivity (Wildman–Crippen MR) is 107 cm³/mol. The van der Waals surface area contributed by atoms with Crippen LogP contribution in [0.2, 0.25) is 5.02 Å². The first-order valence-electron chi connectivity index (χ1n) is 8.35. The van der Waals surface area contributed by atoms with E-state index in [0.717, 1.165) is 22.6 Å². The van der Waals surface area contributed by atoms with Gasteiger partial charge in [0, 0.05) is 10.6 Å². The summed E-state index contributed by atoms with van der Waals surface area (Å²) in [4.78, 5) is 25.3. The monoisotopic (exact) mass is 391 g/mol. The van der Waals surface area contributed by atoms with Gasteiger partial charge < -0.3 is 10.1 Å². The molecule has 0 fully saturated rings. The highest BCUT2D eigenvalue weighted by molar-refractivity contribution is 7.98. The van der Waals surface area contributed by atoms with Gasteiger partial charge in [0.15, 0.2) is 6.61 Å². The summed E-state index contributed by atoms with van der Waals surface area (Å²) in [5, 5.41) is 3.12. The van der Waals surface area contributed by atoms with E-state index in [4.69, 9.17) is 16.3 Å². The molecule has 0 radical (unpaired) electrons. The normalized spacial score (nSPS) is 11.7. The summed E-state index contributed by atoms with van der Waals surface area (Å²) in [5.74, 6) is -0.676. The van der Waals surface area contributed by atoms with Crippen molar-refractivity contribution in [1.82, 2.24) is 0 Å². The number of anilines is 1. The number of carbonyl (C=O) groups excluding carboxylic acids is 2. The maximum atomic E-state index is 12.2. The summed E-state index contributed by atoms with van der Waals surface area (Å²) in [6, 6.07) is 12.8. The molecule has 0 unspecified atom stereocenters. The number of esters is 1. The molecule has 2 aromatic rings. The quantitative estimate of drug-likeness (QED) is 0.509. The van der Waals surface area contributed by atoms with E-state index in [-0.39, 0.29) is 18.1 Å². The van der Waals surface area contributed by atoms with Crippen molar-refractivity contribution in [3.63, 3.8) is 0 Å². The van der Waals surface area contributed by atoms with Crippen molar-refractivity contribution in [2.24, 2.45) is 0 Å². The van der Waals surface area contributed by atoms with Gasteiger partial charge in [-0.25, -0.2) is 4.79 Å². The van der Waals surface area contributed by atoms with Gasteiger partial charge in [-0.2, -0.15) is 0 Å². The minimum Gasteiger partial charge on any atom is -0.452 e. The molecule has 138 valence electrons. The van der Waals surface area contributed by atoms with E-state index in [1.807, 2.05) is 36.6 Å². The largest absolute Gasteiger partial charge is 0.452 e. The first-order chi connectivity index (χ1) is 12.5. The smallest absolute Gasteiger partial charge is 0.340 e. The maximum Gasteiger partial charge on any atom is 0.340 e. The van der Waals surface area contributed by atoms with Crippen LogP contribution in [0.5, 0.6) is 0 Å². The molecular formula is C20H22ClNO3S. The fraction of sp³-hybridized carbons (Fsp3) is 0.300. The highest BCUT2D eigenvalue weighted by Crippen LogP contribution is 2.26. The van der Waals surface area contributed by atoms with Gasteiger partial charge in [-0.1, -0.05) is 43.6 Å². The lowest BCUT2D eigenvalue weighted by atomic mass is 9.97. The van der Waals surface area contributed by atoms with Gasteiger partial charge in [0.2, 0.25) is 0 Å². The lowest BCUT2D eigenvalue weighted by Crippen LogP contribution is -2.22. The van der Waals surface area contributed by atoms with Gasteiger partial charge in [-0.3, -0.25) is 4.79 Å². The number of nitrogens with one attached hydrogen (secondary N) is 1. The average molecular weight is 392 g/mol. The van der Waals surface area contributed by atoms with E-state index in [0.29, 0.717) is 10.9 Å². The zero-order valence-corrected chi connectivity index (χ0v) is 16.6. The van der Waals surface area contributed by atoms with E-state index in [2.05, 4.69) is 19.2 Å². The Balaban J connectivity index is 2.00. The van der Waals surface area contributed by atoms with Crippen molar-refractivity contribution in [3.8, 4) is 0 Å². The van der Waals surface area contributed by atoms with Crippen LogP contribution in [0, 0.1) is 0 Å². The second-order valence-electron chi connectivity index (χ2n) is 5.87. The topological polar surface area (TPSA) is 55.4 Å². The number of benzene rings is 2. The van der Waals surface area contributed by atoms with Crippen LogP contribution < -0.4 is 5.32 Å². The van der Waals surface area contributed by atoms with Gasteiger partial charge in [0.1, 0.15) is 0 Å². The number of amides is 1. The second kappa shape index (κ2) is 9.64. The molecular weight excluding hydrogens is 370 g/mol. The number of rotatable bonds is 7. The van der Waals surface area contributed by atoms with Crippen LogP contribution >= 0.6 is 23.4 Å². The molecule has 2 rings (SSSR count). The number of ether oxygens (including phenoxy) is 1. The summed E-state index contributed by atoms with van der Waals surface area (Å²) in [5.41, 5.74) is 2.06. The Labute approximate surface area is 163 Å². The zero-order chi connectivity index (χ0) is 19.1. The molecule has 1 amide bonds. The standard InChI is InChI=1S/C20H22ClNO3S/c1-4-13(2)15-7-5-6-8-18(15)22-19(23)12-25-20(24)16-11-14(26-3)9-10-17(16)21/h5-11,13H,4,12H2,1-3H3,(H,22,23)/t13-/m1/s1. The van der Waals surface area contributed by atoms with E-state index in [9.17, 15) is 9.59 Å². The molecule has 0 aliphatic heterocycles. The number of halogens is 1. The van der Waals surface area contributed by atoms with Crippen molar-refractivity contribution < 1.29 is 14.3 Å². The molecule has 4 nitrogen and oxygen atoms in total. The summed E-state index contributed by atoms with van der Waals surface area (Å²) in [7, 11) is 0. The molecule has 1 atom stereocenters. The average Bonchev–Trinajstić information content (AvgIpc) is 2.66. The number of carbonyl (C=O) groups is 2. The van der Waals surface area contributed by atoms with Crippen LogP contribution in [-0.4, -0.2) is 24.7 Å². The van der Waals surface area contributed by atoms with Gasteiger partial charge in [-0.15, -0.1) is 11.8 Å². The minimum absolute atomic E-state index is 0.256. The lowest BCUT2D eigenvalue weighted by molar-refractivity contribution is -0.119. The molecule has 0 heterocycles. The third kappa shape index (κ3) is 5.26. The molecule has 0 spiro atoms. The molecule has 0 aliphatic rings. The molecule has 0 aromatic heterocycles. The van der Waals surface area contributed by atoms with Crippen LogP contribution in [0.4, 0.5) is 5.69 Å². The zero-order valence-electron chi connectivity index (χ0n) is 15.0. The maximum absolute atomic E-state index is 12.2. The van der Waals surface area contributed by atoms with Crippen LogP contribution in [-0.2, 0) is 9.53 Å². The molecule has 6 heteroatoms. The molecule has 1 N–H and O–H groups in total. The van der Waals surface area contributed by atoms with Crippen LogP contribution in [0.15, 0.2) is 47.4 Å². The van der Waals surface area contributed by atoms with Crippen molar-refractivity contribution in [2.45, 2.75) is 31.1 Å². The number of hydrogen-bond donors (Lipinski definition) is 1.